The molecule has 1 aromatic rings. The maximum absolute atomic E-state index is 12.2. The Bertz CT molecular complexity index is 473. The summed E-state index contributed by atoms with van der Waals surface area (Å²) in [6, 6.07) is 1.74. The molecule has 2 heterocycles. The van der Waals surface area contributed by atoms with Gasteiger partial charge in [-0.05, 0) is 31.4 Å². The van der Waals surface area contributed by atoms with E-state index in [1.54, 1.807) is 10.4 Å². The summed E-state index contributed by atoms with van der Waals surface area (Å²) in [7, 11) is -3.25. The van der Waals surface area contributed by atoms with Gasteiger partial charge in [-0.1, -0.05) is 0 Å². The Morgan fingerprint density at radius 3 is 2.56 bits per heavy atom. The summed E-state index contributed by atoms with van der Waals surface area (Å²) in [6.07, 6.45) is 1.93. The van der Waals surface area contributed by atoms with Crippen LogP contribution in [0, 0.1) is 6.92 Å². The van der Waals surface area contributed by atoms with E-state index in [1.807, 2.05) is 6.92 Å². The number of nitrogens with zero attached hydrogens (tertiary/aromatic N) is 1. The van der Waals surface area contributed by atoms with Crippen molar-refractivity contribution in [3.63, 3.8) is 0 Å². The van der Waals surface area contributed by atoms with Crippen molar-refractivity contribution < 1.29 is 8.42 Å². The summed E-state index contributed by atoms with van der Waals surface area (Å²) in [4.78, 5) is 0.956. The lowest BCUT2D eigenvalue weighted by Crippen LogP contribution is -2.27. The van der Waals surface area contributed by atoms with Gasteiger partial charge in [-0.2, -0.15) is 4.31 Å². The Balaban J connectivity index is 2.35. The number of sulfonamides is 1. The average molecular weight is 260 g/mol. The molecule has 0 radical (unpaired) electrons. The quantitative estimate of drug-likeness (QED) is 0.891. The van der Waals surface area contributed by atoms with Gasteiger partial charge in [0.1, 0.15) is 4.21 Å². The monoisotopic (exact) mass is 260 g/mol. The van der Waals surface area contributed by atoms with E-state index in [0.29, 0.717) is 23.8 Å². The van der Waals surface area contributed by atoms with E-state index in [4.69, 9.17) is 5.73 Å². The molecule has 16 heavy (non-hydrogen) atoms. The highest BCUT2D eigenvalue weighted by Gasteiger charge is 2.28. The normalized spacial score (nSPS) is 18.1. The van der Waals surface area contributed by atoms with Crippen LogP contribution in [0.2, 0.25) is 0 Å². The van der Waals surface area contributed by atoms with E-state index in [9.17, 15) is 8.42 Å². The molecule has 0 amide bonds. The van der Waals surface area contributed by atoms with Gasteiger partial charge in [-0.3, -0.25) is 0 Å². The van der Waals surface area contributed by atoms with Gasteiger partial charge in [0.15, 0.2) is 0 Å². The molecule has 1 aliphatic heterocycles. The van der Waals surface area contributed by atoms with Crippen LogP contribution in [0.15, 0.2) is 10.3 Å². The van der Waals surface area contributed by atoms with Gasteiger partial charge >= 0.3 is 0 Å². The molecular formula is C10H16N2O2S2. The molecule has 0 bridgehead atoms. The molecule has 0 aliphatic carbocycles. The summed E-state index contributed by atoms with van der Waals surface area (Å²) >= 11 is 1.30. The summed E-state index contributed by atoms with van der Waals surface area (Å²) in [5, 5.41) is 0. The third kappa shape index (κ3) is 2.02. The summed E-state index contributed by atoms with van der Waals surface area (Å²) in [6.45, 7) is 3.61. The number of hydrogen-bond donors (Lipinski definition) is 1. The fourth-order valence-corrected chi connectivity index (χ4v) is 5.01. The highest BCUT2D eigenvalue weighted by Crippen LogP contribution is 2.29. The highest BCUT2D eigenvalue weighted by atomic mass is 32.2. The van der Waals surface area contributed by atoms with Crippen LogP contribution < -0.4 is 5.73 Å². The largest absolute Gasteiger partial charge is 0.326 e. The number of thiophene rings is 1. The van der Waals surface area contributed by atoms with Crippen molar-refractivity contribution >= 4 is 21.4 Å². The van der Waals surface area contributed by atoms with E-state index < -0.39 is 10.0 Å². The Morgan fingerprint density at radius 1 is 1.44 bits per heavy atom. The molecule has 0 atom stereocenters. The van der Waals surface area contributed by atoms with E-state index in [0.717, 1.165) is 23.3 Å². The zero-order valence-electron chi connectivity index (χ0n) is 9.27. The van der Waals surface area contributed by atoms with Crippen molar-refractivity contribution in [2.45, 2.75) is 30.5 Å². The maximum Gasteiger partial charge on any atom is 0.252 e. The van der Waals surface area contributed by atoms with Gasteiger partial charge in [0.2, 0.25) is 0 Å². The smallest absolute Gasteiger partial charge is 0.252 e. The molecule has 0 unspecified atom stereocenters. The number of aryl methyl sites for hydroxylation is 1. The number of rotatable bonds is 3. The van der Waals surface area contributed by atoms with Gasteiger partial charge in [-0.25, -0.2) is 8.42 Å². The molecule has 6 heteroatoms. The van der Waals surface area contributed by atoms with Crippen LogP contribution in [0.4, 0.5) is 0 Å². The Labute approximate surface area is 100 Å². The highest BCUT2D eigenvalue weighted by molar-refractivity contribution is 7.91. The standard InChI is InChI=1S/C10H16N2O2S2/c1-8-6-10(15-9(8)7-11)16(13,14)12-4-2-3-5-12/h6H,2-5,7,11H2,1H3. The first-order chi connectivity index (χ1) is 7.55. The Morgan fingerprint density at radius 2 is 2.06 bits per heavy atom. The van der Waals surface area contributed by atoms with Gasteiger partial charge in [0.25, 0.3) is 10.0 Å². The van der Waals surface area contributed by atoms with E-state index in [-0.39, 0.29) is 0 Å². The third-order valence-corrected chi connectivity index (χ3v) is 6.45. The van der Waals surface area contributed by atoms with E-state index in [1.165, 1.54) is 11.3 Å². The molecule has 1 aliphatic rings. The van der Waals surface area contributed by atoms with Crippen LogP contribution >= 0.6 is 11.3 Å². The first kappa shape index (κ1) is 12.0. The summed E-state index contributed by atoms with van der Waals surface area (Å²) in [5.74, 6) is 0. The van der Waals surface area contributed by atoms with E-state index in [2.05, 4.69) is 0 Å². The fraction of sp³-hybridized carbons (Fsp3) is 0.600. The van der Waals surface area contributed by atoms with Crippen LogP contribution in [0.3, 0.4) is 0 Å². The Hall–Kier alpha value is -0.430. The van der Waals surface area contributed by atoms with Gasteiger partial charge < -0.3 is 5.73 Å². The van der Waals surface area contributed by atoms with Gasteiger partial charge in [0, 0.05) is 24.5 Å². The maximum atomic E-state index is 12.2. The molecule has 1 fully saturated rings. The first-order valence-electron chi connectivity index (χ1n) is 5.35. The van der Waals surface area contributed by atoms with Gasteiger partial charge in [0.05, 0.1) is 0 Å². The second-order valence-corrected chi connectivity index (χ2v) is 7.29. The predicted octanol–water partition coefficient (Wildman–Crippen LogP) is 1.30. The second kappa shape index (κ2) is 4.44. The SMILES string of the molecule is Cc1cc(S(=O)(=O)N2CCCC2)sc1CN. The number of nitrogens with two attached hydrogens (primary N) is 1. The first-order valence-corrected chi connectivity index (χ1v) is 7.61. The van der Waals surface area contributed by atoms with Crippen LogP contribution in [-0.4, -0.2) is 25.8 Å². The zero-order chi connectivity index (χ0) is 11.8. The molecule has 1 aromatic heterocycles. The molecule has 0 aromatic carbocycles. The predicted molar refractivity (Wildman–Crippen MR) is 64.9 cm³/mol. The van der Waals surface area contributed by atoms with Crippen LogP contribution in [-0.2, 0) is 16.6 Å². The lowest BCUT2D eigenvalue weighted by molar-refractivity contribution is 0.479. The van der Waals surface area contributed by atoms with Crippen molar-refractivity contribution in [2.24, 2.45) is 5.73 Å². The van der Waals surface area contributed by atoms with Crippen molar-refractivity contribution in [1.82, 2.24) is 4.31 Å². The van der Waals surface area contributed by atoms with Gasteiger partial charge in [-0.15, -0.1) is 11.3 Å². The molecular weight excluding hydrogens is 244 g/mol. The molecule has 1 saturated heterocycles. The Kier molecular flexibility index (Phi) is 3.34. The minimum absolute atomic E-state index is 0.409. The van der Waals surface area contributed by atoms with Crippen LogP contribution in [0.5, 0.6) is 0 Å². The topological polar surface area (TPSA) is 63.4 Å². The summed E-state index contributed by atoms with van der Waals surface area (Å²) in [5.41, 5.74) is 6.54. The minimum Gasteiger partial charge on any atom is -0.326 e. The molecule has 0 saturated carbocycles. The summed E-state index contributed by atoms with van der Waals surface area (Å²) < 4.78 is 26.4. The zero-order valence-corrected chi connectivity index (χ0v) is 10.9. The lowest BCUT2D eigenvalue weighted by Gasteiger charge is -2.13. The molecule has 0 spiro atoms. The van der Waals surface area contributed by atoms with Crippen molar-refractivity contribution in [2.75, 3.05) is 13.1 Å². The lowest BCUT2D eigenvalue weighted by atomic mass is 10.3. The molecule has 90 valence electrons. The van der Waals surface area contributed by atoms with E-state index >= 15 is 0 Å². The van der Waals surface area contributed by atoms with Crippen molar-refractivity contribution in [3.05, 3.63) is 16.5 Å². The molecule has 2 rings (SSSR count). The van der Waals surface area contributed by atoms with Crippen LogP contribution in [0.1, 0.15) is 23.3 Å². The minimum atomic E-state index is -3.25. The third-order valence-electron chi connectivity index (χ3n) is 2.84. The fourth-order valence-electron chi connectivity index (χ4n) is 1.87. The molecule has 2 N–H and O–H groups in total. The number of hydrogen-bond acceptors (Lipinski definition) is 4. The van der Waals surface area contributed by atoms with Crippen molar-refractivity contribution in [1.29, 1.82) is 0 Å². The van der Waals surface area contributed by atoms with Crippen LogP contribution in [0.25, 0.3) is 0 Å². The van der Waals surface area contributed by atoms with Crippen molar-refractivity contribution in [3.8, 4) is 0 Å². The second-order valence-electron chi connectivity index (χ2n) is 3.99. The molecule has 4 nitrogen and oxygen atoms in total. The average Bonchev–Trinajstić information content (AvgIpc) is 2.85.